The number of anilines is 1. The Balaban J connectivity index is 2.42. The zero-order valence-electron chi connectivity index (χ0n) is 10.9. The molecule has 19 heavy (non-hydrogen) atoms. The molecule has 4 nitrogen and oxygen atoms in total. The fourth-order valence-electron chi connectivity index (χ4n) is 1.84. The molecule has 0 aliphatic rings. The number of nitriles is 1. The predicted octanol–water partition coefficient (Wildman–Crippen LogP) is 2.73. The Bertz CT molecular complexity index is 631. The van der Waals surface area contributed by atoms with Crippen LogP contribution in [0.15, 0.2) is 24.4 Å². The minimum absolute atomic E-state index is 0.536. The molecular formula is C14H15ClN4. The summed E-state index contributed by atoms with van der Waals surface area (Å²) >= 11 is 6.02. The van der Waals surface area contributed by atoms with E-state index < -0.39 is 0 Å². The summed E-state index contributed by atoms with van der Waals surface area (Å²) in [6, 6.07) is 7.65. The Morgan fingerprint density at radius 3 is 2.89 bits per heavy atom. The summed E-state index contributed by atoms with van der Waals surface area (Å²) in [5.74, 6) is 0. The van der Waals surface area contributed by atoms with Gasteiger partial charge < -0.3 is 10.2 Å². The molecular weight excluding hydrogens is 260 g/mol. The van der Waals surface area contributed by atoms with E-state index in [1.54, 1.807) is 12.3 Å². The van der Waals surface area contributed by atoms with E-state index in [1.807, 2.05) is 26.2 Å². The predicted molar refractivity (Wildman–Crippen MR) is 78.5 cm³/mol. The van der Waals surface area contributed by atoms with Crippen LogP contribution in [0, 0.1) is 11.3 Å². The Hall–Kier alpha value is -1.83. The van der Waals surface area contributed by atoms with Crippen LogP contribution in [-0.4, -0.2) is 37.1 Å². The van der Waals surface area contributed by atoms with Crippen LogP contribution >= 0.6 is 11.6 Å². The Labute approximate surface area is 117 Å². The molecule has 1 aromatic carbocycles. The minimum Gasteiger partial charge on any atom is -0.382 e. The highest BCUT2D eigenvalue weighted by atomic mass is 35.5. The van der Waals surface area contributed by atoms with Crippen LogP contribution in [0.4, 0.5) is 5.69 Å². The van der Waals surface area contributed by atoms with Crippen molar-refractivity contribution in [2.75, 3.05) is 32.5 Å². The van der Waals surface area contributed by atoms with E-state index in [0.29, 0.717) is 10.6 Å². The maximum absolute atomic E-state index is 9.18. The molecule has 0 saturated carbocycles. The summed E-state index contributed by atoms with van der Waals surface area (Å²) in [4.78, 5) is 6.34. The standard InChI is InChI=1S/C14H15ClN4/c1-19(2)6-5-17-14-10(8-16)9-18-13-4-3-11(15)7-12(13)14/h3-4,7,9H,5-6H2,1-2H3,(H,17,18). The van der Waals surface area contributed by atoms with Crippen molar-refractivity contribution in [2.45, 2.75) is 0 Å². The third-order valence-corrected chi connectivity index (χ3v) is 3.05. The van der Waals surface area contributed by atoms with Crippen LogP contribution in [0.1, 0.15) is 5.56 Å². The number of benzene rings is 1. The van der Waals surface area contributed by atoms with Gasteiger partial charge in [-0.15, -0.1) is 0 Å². The normalized spacial score (nSPS) is 10.7. The first-order valence-electron chi connectivity index (χ1n) is 5.99. The number of nitrogens with zero attached hydrogens (tertiary/aromatic N) is 3. The molecule has 1 N–H and O–H groups in total. The van der Waals surface area contributed by atoms with Gasteiger partial charge in [-0.1, -0.05) is 11.6 Å². The van der Waals surface area contributed by atoms with Crippen molar-refractivity contribution in [1.29, 1.82) is 5.26 Å². The van der Waals surface area contributed by atoms with Gasteiger partial charge >= 0.3 is 0 Å². The van der Waals surface area contributed by atoms with Gasteiger partial charge in [0.05, 0.1) is 16.8 Å². The maximum Gasteiger partial charge on any atom is 0.103 e. The van der Waals surface area contributed by atoms with Crippen LogP contribution in [0.25, 0.3) is 10.9 Å². The number of likely N-dealkylation sites (N-methyl/N-ethyl adjacent to an activating group) is 1. The van der Waals surface area contributed by atoms with Gasteiger partial charge in [-0.05, 0) is 32.3 Å². The fourth-order valence-corrected chi connectivity index (χ4v) is 2.02. The molecule has 0 atom stereocenters. The van der Waals surface area contributed by atoms with Crippen molar-refractivity contribution >= 4 is 28.2 Å². The number of hydrogen-bond acceptors (Lipinski definition) is 4. The number of pyridine rings is 1. The van der Waals surface area contributed by atoms with Crippen molar-refractivity contribution in [3.8, 4) is 6.07 Å². The second kappa shape index (κ2) is 5.87. The van der Waals surface area contributed by atoms with Gasteiger partial charge in [-0.25, -0.2) is 0 Å². The lowest BCUT2D eigenvalue weighted by atomic mass is 10.1. The average Bonchev–Trinajstić information content (AvgIpc) is 2.38. The molecule has 2 rings (SSSR count). The number of fused-ring (bicyclic) bond motifs is 1. The first-order valence-corrected chi connectivity index (χ1v) is 6.36. The van der Waals surface area contributed by atoms with Crippen LogP contribution in [0.3, 0.4) is 0 Å². The SMILES string of the molecule is CN(C)CCNc1c(C#N)cnc2ccc(Cl)cc12. The number of aromatic nitrogens is 1. The van der Waals surface area contributed by atoms with Crippen molar-refractivity contribution in [3.63, 3.8) is 0 Å². The van der Waals surface area contributed by atoms with E-state index in [0.717, 1.165) is 29.7 Å². The van der Waals surface area contributed by atoms with Crippen molar-refractivity contribution in [2.24, 2.45) is 0 Å². The lowest BCUT2D eigenvalue weighted by molar-refractivity contribution is 0.425. The number of nitrogens with one attached hydrogen (secondary N) is 1. The van der Waals surface area contributed by atoms with Gasteiger partial charge in [0.25, 0.3) is 0 Å². The Morgan fingerprint density at radius 1 is 1.42 bits per heavy atom. The molecule has 0 aliphatic heterocycles. The Kier molecular flexibility index (Phi) is 4.20. The van der Waals surface area contributed by atoms with Crippen LogP contribution in [0.2, 0.25) is 5.02 Å². The van der Waals surface area contributed by atoms with E-state index in [1.165, 1.54) is 0 Å². The fraction of sp³-hybridized carbons (Fsp3) is 0.286. The van der Waals surface area contributed by atoms with Gasteiger partial charge in [0.15, 0.2) is 0 Å². The van der Waals surface area contributed by atoms with Gasteiger partial charge in [-0.2, -0.15) is 5.26 Å². The molecule has 1 aromatic heterocycles. The van der Waals surface area contributed by atoms with E-state index in [9.17, 15) is 5.26 Å². The third-order valence-electron chi connectivity index (χ3n) is 2.81. The molecule has 0 saturated heterocycles. The van der Waals surface area contributed by atoms with E-state index >= 15 is 0 Å². The zero-order valence-corrected chi connectivity index (χ0v) is 11.7. The molecule has 2 aromatic rings. The monoisotopic (exact) mass is 274 g/mol. The van der Waals surface area contributed by atoms with Gasteiger partial charge in [-0.3, -0.25) is 4.98 Å². The highest BCUT2D eigenvalue weighted by Crippen LogP contribution is 2.27. The smallest absolute Gasteiger partial charge is 0.103 e. The summed E-state index contributed by atoms with van der Waals surface area (Å²) in [6.07, 6.45) is 1.59. The van der Waals surface area contributed by atoms with E-state index in [2.05, 4.69) is 21.3 Å². The summed E-state index contributed by atoms with van der Waals surface area (Å²) < 4.78 is 0. The van der Waals surface area contributed by atoms with Gasteiger partial charge in [0.2, 0.25) is 0 Å². The lowest BCUT2D eigenvalue weighted by Gasteiger charge is -2.14. The average molecular weight is 275 g/mol. The van der Waals surface area contributed by atoms with Crippen LogP contribution in [0.5, 0.6) is 0 Å². The molecule has 0 aliphatic carbocycles. The van der Waals surface area contributed by atoms with Gasteiger partial charge in [0, 0.05) is 29.7 Å². The number of halogens is 1. The zero-order chi connectivity index (χ0) is 13.8. The largest absolute Gasteiger partial charge is 0.382 e. The molecule has 0 unspecified atom stereocenters. The minimum atomic E-state index is 0.536. The van der Waals surface area contributed by atoms with Crippen LogP contribution in [-0.2, 0) is 0 Å². The van der Waals surface area contributed by atoms with Crippen LogP contribution < -0.4 is 5.32 Å². The number of hydrogen-bond donors (Lipinski definition) is 1. The summed E-state index contributed by atoms with van der Waals surface area (Å²) in [5.41, 5.74) is 2.17. The summed E-state index contributed by atoms with van der Waals surface area (Å²) in [6.45, 7) is 1.64. The first kappa shape index (κ1) is 13.6. The Morgan fingerprint density at radius 2 is 2.21 bits per heavy atom. The lowest BCUT2D eigenvalue weighted by Crippen LogP contribution is -2.21. The van der Waals surface area contributed by atoms with Gasteiger partial charge in [0.1, 0.15) is 6.07 Å². The molecule has 1 heterocycles. The summed E-state index contributed by atoms with van der Waals surface area (Å²) in [5, 5.41) is 14.0. The quantitative estimate of drug-likeness (QED) is 0.931. The summed E-state index contributed by atoms with van der Waals surface area (Å²) in [7, 11) is 4.02. The van der Waals surface area contributed by atoms with Crippen molar-refractivity contribution < 1.29 is 0 Å². The van der Waals surface area contributed by atoms with E-state index in [4.69, 9.17) is 11.6 Å². The van der Waals surface area contributed by atoms with Crippen molar-refractivity contribution in [1.82, 2.24) is 9.88 Å². The molecule has 5 heteroatoms. The van der Waals surface area contributed by atoms with Crippen molar-refractivity contribution in [3.05, 3.63) is 35.0 Å². The molecule has 0 radical (unpaired) electrons. The molecule has 0 spiro atoms. The highest BCUT2D eigenvalue weighted by molar-refractivity contribution is 6.31. The topological polar surface area (TPSA) is 52.0 Å². The highest BCUT2D eigenvalue weighted by Gasteiger charge is 2.09. The second-order valence-corrected chi connectivity index (χ2v) is 4.99. The molecule has 0 bridgehead atoms. The first-order chi connectivity index (χ1) is 9.11. The second-order valence-electron chi connectivity index (χ2n) is 4.55. The van der Waals surface area contributed by atoms with E-state index in [-0.39, 0.29) is 0 Å². The maximum atomic E-state index is 9.18. The molecule has 98 valence electrons. The number of rotatable bonds is 4. The molecule has 0 amide bonds. The molecule has 0 fully saturated rings. The third kappa shape index (κ3) is 3.14.